The molecule has 27 heavy (non-hydrogen) atoms. The lowest BCUT2D eigenvalue weighted by Crippen LogP contribution is -2.09. The van der Waals surface area contributed by atoms with Gasteiger partial charge in [-0.2, -0.15) is 5.26 Å². The molecule has 0 atom stereocenters. The summed E-state index contributed by atoms with van der Waals surface area (Å²) >= 11 is 0. The van der Waals surface area contributed by atoms with Crippen molar-refractivity contribution in [3.05, 3.63) is 66.6 Å². The number of esters is 1. The van der Waals surface area contributed by atoms with E-state index >= 15 is 0 Å². The number of pyridine rings is 1. The van der Waals surface area contributed by atoms with Gasteiger partial charge in [0.25, 0.3) is 0 Å². The van der Waals surface area contributed by atoms with Gasteiger partial charge in [0.15, 0.2) is 5.69 Å². The molecule has 0 aliphatic heterocycles. The second kappa shape index (κ2) is 7.67. The molecule has 2 aromatic carbocycles. The number of ether oxygens (including phenoxy) is 2. The predicted molar refractivity (Wildman–Crippen MR) is 98.9 cm³/mol. The number of carbonyl (C=O) groups excluding carboxylic acids is 1. The Bertz CT molecular complexity index is 1090. The number of nitriles is 1. The molecular weight excluding hydrogens is 347 g/mol. The van der Waals surface area contributed by atoms with Crippen LogP contribution >= 0.6 is 0 Å². The van der Waals surface area contributed by atoms with Crippen LogP contribution in [0.2, 0.25) is 0 Å². The van der Waals surface area contributed by atoms with Crippen LogP contribution in [0, 0.1) is 17.1 Å². The van der Waals surface area contributed by atoms with Crippen molar-refractivity contribution in [1.29, 1.82) is 5.26 Å². The number of hydrogen-bond acceptors (Lipinski definition) is 5. The van der Waals surface area contributed by atoms with E-state index in [0.717, 1.165) is 0 Å². The summed E-state index contributed by atoms with van der Waals surface area (Å²) in [6, 6.07) is 12.9. The van der Waals surface area contributed by atoms with Gasteiger partial charge in [-0.25, -0.2) is 9.37 Å². The number of nitrogens with zero attached hydrogens (tertiary/aromatic N) is 2. The van der Waals surface area contributed by atoms with Gasteiger partial charge in [0.05, 0.1) is 13.5 Å². The molecule has 0 N–H and O–H groups in total. The van der Waals surface area contributed by atoms with Crippen LogP contribution in [0.4, 0.5) is 4.39 Å². The van der Waals surface area contributed by atoms with Crippen molar-refractivity contribution in [2.45, 2.75) is 6.42 Å². The second-order valence-electron chi connectivity index (χ2n) is 5.64. The third-order valence-corrected chi connectivity index (χ3v) is 3.92. The molecule has 0 unspecified atom stereocenters. The number of carbonyl (C=O) groups is 1. The Balaban J connectivity index is 2.33. The first-order valence-electron chi connectivity index (χ1n) is 8.06. The van der Waals surface area contributed by atoms with Crippen LogP contribution in [-0.2, 0) is 4.79 Å². The Labute approximate surface area is 155 Å². The molecule has 0 radical (unpaired) electrons. The molecule has 0 amide bonds. The van der Waals surface area contributed by atoms with Crippen molar-refractivity contribution in [3.63, 3.8) is 0 Å². The molecule has 1 heterocycles. The van der Waals surface area contributed by atoms with E-state index in [-0.39, 0.29) is 18.0 Å². The maximum absolute atomic E-state index is 13.8. The van der Waals surface area contributed by atoms with Gasteiger partial charge in [-0.15, -0.1) is 6.58 Å². The van der Waals surface area contributed by atoms with Crippen LogP contribution in [0.15, 0.2) is 55.1 Å². The molecule has 0 aliphatic carbocycles. The molecule has 1 aromatic heterocycles. The number of fused-ring (bicyclic) bond motifs is 1. The molecule has 6 heteroatoms. The summed E-state index contributed by atoms with van der Waals surface area (Å²) in [5, 5.41) is 10.7. The summed E-state index contributed by atoms with van der Waals surface area (Å²) in [6.07, 6.45) is 1.42. The van der Waals surface area contributed by atoms with Crippen LogP contribution in [0.5, 0.6) is 11.6 Å². The van der Waals surface area contributed by atoms with Crippen LogP contribution in [0.1, 0.15) is 12.1 Å². The third kappa shape index (κ3) is 3.62. The van der Waals surface area contributed by atoms with Gasteiger partial charge in [0.1, 0.15) is 17.6 Å². The quantitative estimate of drug-likeness (QED) is 0.497. The summed E-state index contributed by atoms with van der Waals surface area (Å²) in [6.45, 7) is 3.50. The predicted octanol–water partition coefficient (Wildman–Crippen LogP) is 4.40. The number of halogens is 1. The average Bonchev–Trinajstić information content (AvgIpc) is 2.67. The summed E-state index contributed by atoms with van der Waals surface area (Å²) in [5.74, 6) is -0.430. The van der Waals surface area contributed by atoms with Crippen LogP contribution in [0.25, 0.3) is 21.9 Å². The van der Waals surface area contributed by atoms with Gasteiger partial charge in [0.2, 0.25) is 5.88 Å². The van der Waals surface area contributed by atoms with Crippen molar-refractivity contribution in [3.8, 4) is 28.8 Å². The zero-order valence-corrected chi connectivity index (χ0v) is 14.5. The highest BCUT2D eigenvalue weighted by Gasteiger charge is 2.19. The monoisotopic (exact) mass is 362 g/mol. The van der Waals surface area contributed by atoms with E-state index in [0.29, 0.717) is 27.6 Å². The molecule has 0 saturated heterocycles. The second-order valence-corrected chi connectivity index (χ2v) is 5.64. The third-order valence-electron chi connectivity index (χ3n) is 3.92. The lowest BCUT2D eigenvalue weighted by Gasteiger charge is -2.13. The fourth-order valence-electron chi connectivity index (χ4n) is 2.75. The highest BCUT2D eigenvalue weighted by molar-refractivity contribution is 6.02. The summed E-state index contributed by atoms with van der Waals surface area (Å²) in [4.78, 5) is 16.1. The molecule has 0 bridgehead atoms. The van der Waals surface area contributed by atoms with Gasteiger partial charge >= 0.3 is 5.97 Å². The van der Waals surface area contributed by atoms with Crippen LogP contribution < -0.4 is 9.47 Å². The molecule has 134 valence electrons. The van der Waals surface area contributed by atoms with Gasteiger partial charge in [-0.05, 0) is 35.9 Å². The summed E-state index contributed by atoms with van der Waals surface area (Å²) < 4.78 is 24.3. The lowest BCUT2D eigenvalue weighted by molar-refractivity contribution is -0.133. The molecule has 0 aliphatic rings. The van der Waals surface area contributed by atoms with E-state index in [2.05, 4.69) is 11.6 Å². The van der Waals surface area contributed by atoms with E-state index in [4.69, 9.17) is 9.47 Å². The van der Waals surface area contributed by atoms with Crippen LogP contribution in [-0.4, -0.2) is 18.1 Å². The zero-order valence-electron chi connectivity index (χ0n) is 14.5. The average molecular weight is 362 g/mol. The fourth-order valence-corrected chi connectivity index (χ4v) is 2.75. The minimum absolute atomic E-state index is 0.00681. The fraction of sp³-hybridized carbons (Fsp3) is 0.0952. The number of hydrogen-bond donors (Lipinski definition) is 0. The normalized spacial score (nSPS) is 10.3. The van der Waals surface area contributed by atoms with E-state index < -0.39 is 11.8 Å². The summed E-state index contributed by atoms with van der Waals surface area (Å²) in [7, 11) is 1.51. The SMILES string of the molecule is C=CCC(=O)Oc1nc(C#N)c(-c2cccc(F)c2)c2cc(OC)ccc12. The zero-order chi connectivity index (χ0) is 19.4. The van der Waals surface area contributed by atoms with Crippen molar-refractivity contribution in [2.24, 2.45) is 0 Å². The molecular formula is C21H15FN2O3. The molecule has 3 rings (SSSR count). The molecule has 3 aromatic rings. The van der Waals surface area contributed by atoms with Gasteiger partial charge < -0.3 is 9.47 Å². The van der Waals surface area contributed by atoms with E-state index in [1.54, 1.807) is 30.3 Å². The van der Waals surface area contributed by atoms with Crippen LogP contribution in [0.3, 0.4) is 0 Å². The summed E-state index contributed by atoms with van der Waals surface area (Å²) in [5.41, 5.74) is 0.943. The number of methoxy groups -OCH3 is 1. The molecule has 0 fully saturated rings. The van der Waals surface area contributed by atoms with Crippen molar-refractivity contribution in [1.82, 2.24) is 4.98 Å². The van der Waals surface area contributed by atoms with E-state index in [1.165, 1.54) is 25.3 Å². The lowest BCUT2D eigenvalue weighted by atomic mass is 9.97. The Kier molecular flexibility index (Phi) is 5.13. The Morgan fingerprint density at radius 2 is 2.11 bits per heavy atom. The first-order valence-corrected chi connectivity index (χ1v) is 8.06. The minimum atomic E-state index is -0.544. The first-order chi connectivity index (χ1) is 13.1. The van der Waals surface area contributed by atoms with Gasteiger partial charge in [0, 0.05) is 16.3 Å². The van der Waals surface area contributed by atoms with Crippen molar-refractivity contribution in [2.75, 3.05) is 7.11 Å². The number of benzene rings is 2. The minimum Gasteiger partial charge on any atom is -0.497 e. The maximum atomic E-state index is 13.8. The Morgan fingerprint density at radius 1 is 1.30 bits per heavy atom. The Hall–Kier alpha value is -3.72. The largest absolute Gasteiger partial charge is 0.497 e. The van der Waals surface area contributed by atoms with Crippen molar-refractivity contribution >= 4 is 16.7 Å². The van der Waals surface area contributed by atoms with Crippen molar-refractivity contribution < 1.29 is 18.7 Å². The Morgan fingerprint density at radius 3 is 2.78 bits per heavy atom. The smallest absolute Gasteiger partial charge is 0.316 e. The maximum Gasteiger partial charge on any atom is 0.316 e. The van der Waals surface area contributed by atoms with Gasteiger partial charge in [-0.1, -0.05) is 18.2 Å². The molecule has 5 nitrogen and oxygen atoms in total. The van der Waals surface area contributed by atoms with E-state index in [1.807, 2.05) is 6.07 Å². The van der Waals surface area contributed by atoms with Gasteiger partial charge in [-0.3, -0.25) is 4.79 Å². The standard InChI is InChI=1S/C21H15FN2O3/c1-3-5-19(25)27-21-16-9-8-15(26-2)11-17(16)20(18(12-23)24-21)13-6-4-7-14(22)10-13/h3-4,6-11H,1,5H2,2H3. The topological polar surface area (TPSA) is 72.2 Å². The highest BCUT2D eigenvalue weighted by atomic mass is 19.1. The number of aromatic nitrogens is 1. The molecule has 0 spiro atoms. The van der Waals surface area contributed by atoms with E-state index in [9.17, 15) is 14.4 Å². The molecule has 0 saturated carbocycles. The number of rotatable bonds is 5. The first kappa shape index (κ1) is 18.1. The highest BCUT2D eigenvalue weighted by Crippen LogP contribution is 2.37.